The summed E-state index contributed by atoms with van der Waals surface area (Å²) in [4.78, 5) is 2.58. The molecule has 3 heteroatoms. The van der Waals surface area contributed by atoms with E-state index in [-0.39, 0.29) is 5.54 Å². The van der Waals surface area contributed by atoms with Gasteiger partial charge in [-0.1, -0.05) is 33.6 Å². The average molecular weight is 256 g/mol. The molecule has 2 atom stereocenters. The highest BCUT2D eigenvalue weighted by atomic mass is 16.5. The Morgan fingerprint density at radius 1 is 1.39 bits per heavy atom. The number of nitrogens with two attached hydrogens (primary N) is 1. The van der Waals surface area contributed by atoms with Gasteiger partial charge in [0, 0.05) is 25.7 Å². The second-order valence-corrected chi connectivity index (χ2v) is 5.98. The van der Waals surface area contributed by atoms with E-state index < -0.39 is 0 Å². The normalized spacial score (nSPS) is 29.2. The summed E-state index contributed by atoms with van der Waals surface area (Å²) in [5.74, 6) is 1.44. The lowest BCUT2D eigenvalue weighted by molar-refractivity contribution is -0.0223. The van der Waals surface area contributed by atoms with Gasteiger partial charge in [0.25, 0.3) is 0 Å². The van der Waals surface area contributed by atoms with Crippen LogP contribution in [0.1, 0.15) is 46.5 Å². The lowest BCUT2D eigenvalue weighted by Crippen LogP contribution is -2.61. The van der Waals surface area contributed by atoms with Crippen LogP contribution in [0.5, 0.6) is 0 Å². The fourth-order valence-electron chi connectivity index (χ4n) is 3.88. The van der Waals surface area contributed by atoms with E-state index in [0.29, 0.717) is 5.92 Å². The van der Waals surface area contributed by atoms with E-state index in [1.165, 1.54) is 25.7 Å². The van der Waals surface area contributed by atoms with Gasteiger partial charge in [-0.05, 0) is 31.2 Å². The second kappa shape index (κ2) is 7.46. The zero-order valence-electron chi connectivity index (χ0n) is 12.7. The molecule has 0 aromatic heterocycles. The number of hydrogen-bond donors (Lipinski definition) is 1. The summed E-state index contributed by atoms with van der Waals surface area (Å²) >= 11 is 0. The van der Waals surface area contributed by atoms with Crippen LogP contribution in [0.2, 0.25) is 0 Å². The highest BCUT2D eigenvalue weighted by Crippen LogP contribution is 2.41. The van der Waals surface area contributed by atoms with Gasteiger partial charge in [-0.25, -0.2) is 0 Å². The van der Waals surface area contributed by atoms with Crippen molar-refractivity contribution in [3.05, 3.63) is 0 Å². The van der Waals surface area contributed by atoms with Crippen molar-refractivity contribution >= 4 is 0 Å². The van der Waals surface area contributed by atoms with Gasteiger partial charge in [0.15, 0.2) is 0 Å². The van der Waals surface area contributed by atoms with Gasteiger partial charge in [-0.3, -0.25) is 4.90 Å². The Balaban J connectivity index is 2.89. The number of ether oxygens (including phenoxy) is 1. The first kappa shape index (κ1) is 15.9. The van der Waals surface area contributed by atoms with Crippen LogP contribution in [0.4, 0.5) is 0 Å². The molecular formula is C15H32N2O. The third-order valence-electron chi connectivity index (χ3n) is 4.80. The predicted octanol–water partition coefficient (Wildman–Crippen LogP) is 2.50. The molecule has 18 heavy (non-hydrogen) atoms. The first-order valence-corrected chi connectivity index (χ1v) is 7.56. The van der Waals surface area contributed by atoms with E-state index in [1.54, 1.807) is 7.11 Å². The monoisotopic (exact) mass is 256 g/mol. The molecule has 1 fully saturated rings. The molecule has 0 heterocycles. The Morgan fingerprint density at radius 3 is 2.61 bits per heavy atom. The van der Waals surface area contributed by atoms with Gasteiger partial charge >= 0.3 is 0 Å². The maximum absolute atomic E-state index is 6.23. The van der Waals surface area contributed by atoms with Crippen molar-refractivity contribution in [1.29, 1.82) is 0 Å². The van der Waals surface area contributed by atoms with E-state index in [2.05, 4.69) is 25.7 Å². The van der Waals surface area contributed by atoms with Crippen molar-refractivity contribution in [3.8, 4) is 0 Å². The molecule has 0 saturated heterocycles. The van der Waals surface area contributed by atoms with Crippen molar-refractivity contribution in [3.63, 3.8) is 0 Å². The molecule has 1 rings (SSSR count). The number of nitrogens with zero attached hydrogens (tertiary/aromatic N) is 1. The first-order chi connectivity index (χ1) is 8.62. The molecule has 108 valence electrons. The SMILES string of the molecule is CCN(CCOC)C1(CN)CCCCC1C(C)C. The topological polar surface area (TPSA) is 38.5 Å². The van der Waals surface area contributed by atoms with Crippen LogP contribution in [-0.4, -0.2) is 43.8 Å². The summed E-state index contributed by atoms with van der Waals surface area (Å²) in [5, 5.41) is 0. The quantitative estimate of drug-likeness (QED) is 0.760. The maximum Gasteiger partial charge on any atom is 0.0589 e. The smallest absolute Gasteiger partial charge is 0.0589 e. The van der Waals surface area contributed by atoms with Crippen molar-refractivity contribution < 1.29 is 4.74 Å². The number of methoxy groups -OCH3 is 1. The molecule has 2 unspecified atom stereocenters. The van der Waals surface area contributed by atoms with Gasteiger partial charge in [0.1, 0.15) is 0 Å². The van der Waals surface area contributed by atoms with Gasteiger partial charge in [-0.15, -0.1) is 0 Å². The molecule has 0 aliphatic heterocycles. The fraction of sp³-hybridized carbons (Fsp3) is 1.00. The van der Waals surface area contributed by atoms with Crippen molar-refractivity contribution in [1.82, 2.24) is 4.90 Å². The molecule has 0 aromatic carbocycles. The minimum absolute atomic E-state index is 0.208. The zero-order chi connectivity index (χ0) is 13.6. The lowest BCUT2D eigenvalue weighted by Gasteiger charge is -2.52. The van der Waals surface area contributed by atoms with E-state index in [9.17, 15) is 0 Å². The predicted molar refractivity (Wildman–Crippen MR) is 77.7 cm³/mol. The highest BCUT2D eigenvalue weighted by molar-refractivity contribution is 5.00. The molecule has 2 N–H and O–H groups in total. The van der Waals surface area contributed by atoms with Crippen LogP contribution in [0.15, 0.2) is 0 Å². The Labute approximate surface area is 113 Å². The van der Waals surface area contributed by atoms with Crippen LogP contribution >= 0.6 is 0 Å². The average Bonchev–Trinajstić information content (AvgIpc) is 2.39. The molecule has 1 aliphatic carbocycles. The third-order valence-corrected chi connectivity index (χ3v) is 4.80. The van der Waals surface area contributed by atoms with E-state index >= 15 is 0 Å². The number of likely N-dealkylation sites (N-methyl/N-ethyl adjacent to an activating group) is 1. The second-order valence-electron chi connectivity index (χ2n) is 5.98. The van der Waals surface area contributed by atoms with Crippen LogP contribution in [-0.2, 0) is 4.74 Å². The first-order valence-electron chi connectivity index (χ1n) is 7.56. The van der Waals surface area contributed by atoms with E-state index in [4.69, 9.17) is 10.5 Å². The van der Waals surface area contributed by atoms with Crippen LogP contribution in [0.3, 0.4) is 0 Å². The highest BCUT2D eigenvalue weighted by Gasteiger charge is 2.44. The summed E-state index contributed by atoms with van der Waals surface area (Å²) in [6.07, 6.45) is 5.28. The molecule has 0 amide bonds. The molecule has 0 aromatic rings. The van der Waals surface area contributed by atoms with Crippen molar-refractivity contribution in [2.24, 2.45) is 17.6 Å². The Hall–Kier alpha value is -0.120. The van der Waals surface area contributed by atoms with Crippen LogP contribution in [0.25, 0.3) is 0 Å². The van der Waals surface area contributed by atoms with Gasteiger partial charge < -0.3 is 10.5 Å². The molecule has 0 spiro atoms. The molecule has 1 saturated carbocycles. The molecule has 0 radical (unpaired) electrons. The van der Waals surface area contributed by atoms with E-state index in [1.807, 2.05) is 0 Å². The largest absolute Gasteiger partial charge is 0.383 e. The van der Waals surface area contributed by atoms with Crippen molar-refractivity contribution in [2.45, 2.75) is 52.0 Å². The number of hydrogen-bond acceptors (Lipinski definition) is 3. The van der Waals surface area contributed by atoms with Crippen LogP contribution in [0, 0.1) is 11.8 Å². The van der Waals surface area contributed by atoms with Gasteiger partial charge in [0.05, 0.1) is 6.61 Å². The summed E-state index contributed by atoms with van der Waals surface area (Å²) in [7, 11) is 1.78. The third kappa shape index (κ3) is 3.25. The Kier molecular flexibility index (Phi) is 6.61. The van der Waals surface area contributed by atoms with Crippen LogP contribution < -0.4 is 5.73 Å². The summed E-state index contributed by atoms with van der Waals surface area (Å²) < 4.78 is 5.27. The maximum atomic E-state index is 6.23. The molecule has 1 aliphatic rings. The van der Waals surface area contributed by atoms with Gasteiger partial charge in [-0.2, -0.15) is 0 Å². The zero-order valence-corrected chi connectivity index (χ0v) is 12.7. The Morgan fingerprint density at radius 2 is 2.11 bits per heavy atom. The number of rotatable bonds is 7. The standard InChI is InChI=1S/C15H32N2O/c1-5-17(10-11-18-4)15(12-16)9-7-6-8-14(15)13(2)3/h13-14H,5-12,16H2,1-4H3. The summed E-state index contributed by atoms with van der Waals surface area (Å²) in [6, 6.07) is 0. The fourth-order valence-corrected chi connectivity index (χ4v) is 3.88. The molecular weight excluding hydrogens is 224 g/mol. The van der Waals surface area contributed by atoms with Crippen molar-refractivity contribution in [2.75, 3.05) is 33.4 Å². The minimum atomic E-state index is 0.208. The lowest BCUT2D eigenvalue weighted by atomic mass is 9.67. The summed E-state index contributed by atoms with van der Waals surface area (Å²) in [6.45, 7) is 10.6. The molecule has 0 bridgehead atoms. The van der Waals surface area contributed by atoms with Gasteiger partial charge in [0.2, 0.25) is 0 Å². The van der Waals surface area contributed by atoms with E-state index in [0.717, 1.165) is 32.2 Å². The summed E-state index contributed by atoms with van der Waals surface area (Å²) in [5.41, 5.74) is 6.44. The minimum Gasteiger partial charge on any atom is -0.383 e. The molecule has 3 nitrogen and oxygen atoms in total. The Bertz CT molecular complexity index is 233.